The molecule has 0 aliphatic heterocycles. The van der Waals surface area contributed by atoms with Crippen molar-refractivity contribution in [1.82, 2.24) is 0 Å². The highest BCUT2D eigenvalue weighted by Gasteiger charge is 2.33. The number of nitrogens with zero attached hydrogens (tertiary/aromatic N) is 1. The molecule has 0 fully saturated rings. The molecule has 0 unspecified atom stereocenters. The second-order valence-electron chi connectivity index (χ2n) is 10.4. The molecular weight excluding hydrogens is 458 g/mol. The van der Waals surface area contributed by atoms with E-state index in [0.717, 1.165) is 19.3 Å². The first kappa shape index (κ1) is 34.1. The predicted molar refractivity (Wildman–Crippen MR) is 143 cm³/mol. The van der Waals surface area contributed by atoms with E-state index in [2.05, 4.69) is 19.1 Å². The fraction of sp³-hybridized carbons (Fsp3) is 0.828. The number of carboxylic acids is 3. The maximum absolute atomic E-state index is 11.2. The highest BCUT2D eigenvalue weighted by Crippen LogP contribution is 2.14. The molecule has 0 radical (unpaired) electrons. The summed E-state index contributed by atoms with van der Waals surface area (Å²) in [6.45, 7) is 0.790. The molecule has 210 valence electrons. The molecule has 0 aliphatic carbocycles. The van der Waals surface area contributed by atoms with Crippen LogP contribution in [0.1, 0.15) is 129 Å². The van der Waals surface area contributed by atoms with Gasteiger partial charge in [0.05, 0.1) is 12.5 Å². The van der Waals surface area contributed by atoms with E-state index in [1.807, 2.05) is 0 Å². The topological polar surface area (TPSA) is 115 Å². The standard InChI is InChI=1S/C29H53NO6/c1-2-3-4-5-6-7-8-9-10-11-12-13-14-15-16-17-18-19-20-21-22-23-30(24-27(31)32,25-28(33)34)26-29(35)36/h18-19H,2-17,20-26H2,1H3,(H2-,31,32,33,34,35,36)/b19-18+. The zero-order valence-electron chi connectivity index (χ0n) is 22.9. The molecule has 0 atom stereocenters. The van der Waals surface area contributed by atoms with Crippen molar-refractivity contribution in [3.8, 4) is 0 Å². The van der Waals surface area contributed by atoms with Crippen molar-refractivity contribution in [3.05, 3.63) is 12.2 Å². The lowest BCUT2D eigenvalue weighted by Gasteiger charge is -2.36. The average Bonchev–Trinajstić information content (AvgIpc) is 2.78. The van der Waals surface area contributed by atoms with E-state index >= 15 is 0 Å². The van der Waals surface area contributed by atoms with E-state index in [1.54, 1.807) is 0 Å². The summed E-state index contributed by atoms with van der Waals surface area (Å²) in [5.74, 6) is -3.84. The number of hydrogen-bond acceptors (Lipinski definition) is 4. The molecule has 0 saturated heterocycles. The Kier molecular flexibility index (Phi) is 22.3. The summed E-state index contributed by atoms with van der Waals surface area (Å²) in [4.78, 5) is 33.4. The van der Waals surface area contributed by atoms with Gasteiger partial charge in [-0.1, -0.05) is 109 Å². The van der Waals surface area contributed by atoms with Gasteiger partial charge in [-0.3, -0.25) is 0 Å². The minimum atomic E-state index is -1.43. The Hall–Kier alpha value is -1.89. The molecule has 0 amide bonds. The molecule has 0 spiro atoms. The first-order valence-corrected chi connectivity index (χ1v) is 14.4. The van der Waals surface area contributed by atoms with Crippen molar-refractivity contribution < 1.29 is 34.2 Å². The molecule has 0 aliphatic rings. The van der Waals surface area contributed by atoms with Crippen LogP contribution >= 0.6 is 0 Å². The minimum absolute atomic E-state index is 0.194. The molecule has 0 rings (SSSR count). The number of aliphatic carboxylic acids is 3. The van der Waals surface area contributed by atoms with Gasteiger partial charge in [0.2, 0.25) is 0 Å². The predicted octanol–water partition coefficient (Wildman–Crippen LogP) is 5.71. The summed E-state index contributed by atoms with van der Waals surface area (Å²) in [5.41, 5.74) is 0. The summed E-state index contributed by atoms with van der Waals surface area (Å²) in [6, 6.07) is 0. The fourth-order valence-corrected chi connectivity index (χ4v) is 4.83. The maximum atomic E-state index is 11.2. The van der Waals surface area contributed by atoms with Gasteiger partial charge >= 0.3 is 11.9 Å². The number of carbonyl (C=O) groups is 3. The summed E-state index contributed by atoms with van der Waals surface area (Å²) in [5, 5.41) is 29.3. The van der Waals surface area contributed by atoms with Crippen molar-refractivity contribution in [3.63, 3.8) is 0 Å². The number of unbranched alkanes of at least 4 members (excludes halogenated alkanes) is 17. The zero-order chi connectivity index (χ0) is 26.9. The maximum Gasteiger partial charge on any atom is 0.359 e. The molecule has 0 aromatic rings. The second-order valence-corrected chi connectivity index (χ2v) is 10.4. The smallest absolute Gasteiger partial charge is 0.359 e. The zero-order valence-corrected chi connectivity index (χ0v) is 22.9. The van der Waals surface area contributed by atoms with Gasteiger partial charge in [-0.25, -0.2) is 9.59 Å². The number of allylic oxidation sites excluding steroid dienone is 2. The molecule has 0 bridgehead atoms. The lowest BCUT2D eigenvalue weighted by atomic mass is 10.0. The highest BCUT2D eigenvalue weighted by molar-refractivity contribution is 5.72. The first-order valence-electron chi connectivity index (χ1n) is 14.4. The third kappa shape index (κ3) is 22.6. The van der Waals surface area contributed by atoms with Gasteiger partial charge < -0.3 is 24.6 Å². The fourth-order valence-electron chi connectivity index (χ4n) is 4.83. The second kappa shape index (κ2) is 23.5. The molecular formula is C29H53NO6. The third-order valence-electron chi connectivity index (χ3n) is 6.80. The lowest BCUT2D eigenvalue weighted by Crippen LogP contribution is -2.59. The van der Waals surface area contributed by atoms with Gasteiger partial charge in [-0.15, -0.1) is 0 Å². The summed E-state index contributed by atoms with van der Waals surface area (Å²) < 4.78 is -0.518. The van der Waals surface area contributed by atoms with Crippen LogP contribution < -0.4 is 5.11 Å². The van der Waals surface area contributed by atoms with Crippen LogP contribution in [0.4, 0.5) is 0 Å². The summed E-state index contributed by atoms with van der Waals surface area (Å²) in [7, 11) is 0. The molecule has 7 heteroatoms. The number of carbonyl (C=O) groups excluding carboxylic acids is 1. The molecule has 0 aromatic carbocycles. The number of hydrogen-bond donors (Lipinski definition) is 2. The highest BCUT2D eigenvalue weighted by atomic mass is 16.4. The Bertz CT molecular complexity index is 564. The van der Waals surface area contributed by atoms with Crippen molar-refractivity contribution in [2.45, 2.75) is 129 Å². The Morgan fingerprint density at radius 1 is 0.583 bits per heavy atom. The van der Waals surface area contributed by atoms with E-state index < -0.39 is 42.0 Å². The van der Waals surface area contributed by atoms with E-state index in [0.29, 0.717) is 6.42 Å². The molecule has 2 N–H and O–H groups in total. The normalized spacial score (nSPS) is 11.8. The van der Waals surface area contributed by atoms with Crippen molar-refractivity contribution in [2.75, 3.05) is 26.2 Å². The number of quaternary nitrogens is 1. The van der Waals surface area contributed by atoms with Crippen LogP contribution in [-0.2, 0) is 14.4 Å². The van der Waals surface area contributed by atoms with Gasteiger partial charge in [0.15, 0.2) is 13.1 Å². The largest absolute Gasteiger partial charge is 0.544 e. The van der Waals surface area contributed by atoms with Gasteiger partial charge in [0.1, 0.15) is 6.54 Å². The first-order chi connectivity index (χ1) is 17.3. The van der Waals surface area contributed by atoms with Crippen molar-refractivity contribution in [2.24, 2.45) is 0 Å². The third-order valence-corrected chi connectivity index (χ3v) is 6.80. The molecule has 36 heavy (non-hydrogen) atoms. The van der Waals surface area contributed by atoms with Crippen LogP contribution in [0.15, 0.2) is 12.2 Å². The monoisotopic (exact) mass is 511 g/mol. The van der Waals surface area contributed by atoms with E-state index in [9.17, 15) is 19.5 Å². The Labute approximate surface area is 219 Å². The summed E-state index contributed by atoms with van der Waals surface area (Å²) in [6.07, 6.45) is 27.9. The molecule has 7 nitrogen and oxygen atoms in total. The van der Waals surface area contributed by atoms with Gasteiger partial charge in [-0.2, -0.15) is 0 Å². The van der Waals surface area contributed by atoms with E-state index in [-0.39, 0.29) is 6.54 Å². The molecule has 0 saturated carbocycles. The van der Waals surface area contributed by atoms with Gasteiger partial charge in [0.25, 0.3) is 0 Å². The quantitative estimate of drug-likeness (QED) is 0.0829. The van der Waals surface area contributed by atoms with Crippen LogP contribution in [0, 0.1) is 0 Å². The Morgan fingerprint density at radius 2 is 0.944 bits per heavy atom. The van der Waals surface area contributed by atoms with Crippen LogP contribution in [0.3, 0.4) is 0 Å². The average molecular weight is 512 g/mol. The Morgan fingerprint density at radius 3 is 1.31 bits per heavy atom. The van der Waals surface area contributed by atoms with Gasteiger partial charge in [-0.05, 0) is 32.1 Å². The molecule has 0 aromatic heterocycles. The van der Waals surface area contributed by atoms with Gasteiger partial charge in [0, 0.05) is 0 Å². The number of carboxylic acid groups (broad SMARTS) is 3. The van der Waals surface area contributed by atoms with Crippen molar-refractivity contribution >= 4 is 17.9 Å². The summed E-state index contributed by atoms with van der Waals surface area (Å²) >= 11 is 0. The lowest BCUT2D eigenvalue weighted by molar-refractivity contribution is -0.909. The van der Waals surface area contributed by atoms with Crippen LogP contribution in [0.25, 0.3) is 0 Å². The SMILES string of the molecule is CCCCCCCCCCCCCCCCC/C=C/CCCC[N+](CC(=O)[O-])(CC(=O)O)CC(=O)O. The molecule has 0 heterocycles. The van der Waals surface area contributed by atoms with E-state index in [4.69, 9.17) is 10.2 Å². The van der Waals surface area contributed by atoms with Crippen molar-refractivity contribution in [1.29, 1.82) is 0 Å². The minimum Gasteiger partial charge on any atom is -0.544 e. The van der Waals surface area contributed by atoms with E-state index in [1.165, 1.54) is 96.3 Å². The van der Waals surface area contributed by atoms with Crippen LogP contribution in [0.5, 0.6) is 0 Å². The number of rotatable bonds is 27. The van der Waals surface area contributed by atoms with Crippen LogP contribution in [0.2, 0.25) is 0 Å². The van der Waals surface area contributed by atoms with Crippen LogP contribution in [-0.4, -0.2) is 58.8 Å². The Balaban J connectivity index is 3.72.